The quantitative estimate of drug-likeness (QED) is 0.549. The second kappa shape index (κ2) is 8.23. The minimum Gasteiger partial charge on any atom is -0.494 e. The number of pyridine rings is 1. The monoisotopic (exact) mass is 451 g/mol. The minimum absolute atomic E-state index is 0. The summed E-state index contributed by atoms with van der Waals surface area (Å²) in [6.45, 7) is 2.24. The number of primary amides is 1. The molecular weight excluding hydrogens is 430 g/mol. The molecule has 0 bridgehead atoms. The lowest BCUT2D eigenvalue weighted by molar-refractivity contribution is 0.100. The van der Waals surface area contributed by atoms with Crippen molar-refractivity contribution >= 4 is 39.2 Å². The highest BCUT2D eigenvalue weighted by molar-refractivity contribution is 7.89. The van der Waals surface area contributed by atoms with E-state index in [0.717, 1.165) is 0 Å². The van der Waals surface area contributed by atoms with Gasteiger partial charge in [0.05, 0.1) is 11.3 Å². The molecule has 1 aliphatic rings. The van der Waals surface area contributed by atoms with E-state index in [1.807, 2.05) is 7.05 Å². The van der Waals surface area contributed by atoms with E-state index in [2.05, 4.69) is 14.9 Å². The number of H-pyrrole nitrogens is 1. The molecule has 1 fully saturated rings. The van der Waals surface area contributed by atoms with Crippen molar-refractivity contribution in [1.29, 1.82) is 0 Å². The number of hydrogen-bond acceptors (Lipinski definition) is 6. The lowest BCUT2D eigenvalue weighted by Gasteiger charge is -2.31. The summed E-state index contributed by atoms with van der Waals surface area (Å²) < 4.78 is 27.1. The van der Waals surface area contributed by atoms with Crippen LogP contribution in [0.4, 0.5) is 0 Å². The van der Waals surface area contributed by atoms with Crippen molar-refractivity contribution in [1.82, 2.24) is 19.2 Å². The summed E-state index contributed by atoms with van der Waals surface area (Å²) in [6.07, 6.45) is 1.30. The smallest absolute Gasteiger partial charge is 0.248 e. The average molecular weight is 452 g/mol. The maximum absolute atomic E-state index is 12.8. The number of likely N-dealkylation sites (N-methyl/N-ethyl adjacent to an activating group) is 1. The Morgan fingerprint density at radius 1 is 1.17 bits per heavy atom. The van der Waals surface area contributed by atoms with Crippen LogP contribution in [0.2, 0.25) is 0 Å². The summed E-state index contributed by atoms with van der Waals surface area (Å²) in [6, 6.07) is 7.83. The molecule has 2 aromatic heterocycles. The molecule has 4 N–H and O–H groups in total. The van der Waals surface area contributed by atoms with Gasteiger partial charge in [-0.2, -0.15) is 4.31 Å². The summed E-state index contributed by atoms with van der Waals surface area (Å²) in [5.41, 5.74) is 6.99. The van der Waals surface area contributed by atoms with E-state index >= 15 is 0 Å². The molecule has 4 rings (SSSR count). The molecule has 3 aromatic rings. The number of fused-ring (bicyclic) bond motifs is 1. The second-order valence-electron chi connectivity index (χ2n) is 7.06. The fourth-order valence-corrected chi connectivity index (χ4v) is 4.82. The van der Waals surface area contributed by atoms with E-state index in [4.69, 9.17) is 5.73 Å². The summed E-state index contributed by atoms with van der Waals surface area (Å²) in [4.78, 5) is 20.6. The number of nitrogens with zero attached hydrogens (tertiary/aromatic N) is 3. The first-order valence-corrected chi connectivity index (χ1v) is 10.5. The Labute approximate surface area is 180 Å². The highest BCUT2D eigenvalue weighted by Crippen LogP contribution is 2.36. The highest BCUT2D eigenvalue weighted by atomic mass is 35.5. The van der Waals surface area contributed by atoms with Gasteiger partial charge >= 0.3 is 0 Å². The largest absolute Gasteiger partial charge is 0.494 e. The molecule has 30 heavy (non-hydrogen) atoms. The molecule has 0 atom stereocenters. The molecule has 0 unspecified atom stereocenters. The number of hydrogen-bond donors (Lipinski definition) is 3. The molecule has 1 amide bonds. The number of aromatic amines is 1. The Kier molecular flexibility index (Phi) is 6.04. The number of benzene rings is 1. The van der Waals surface area contributed by atoms with Gasteiger partial charge in [0.25, 0.3) is 0 Å². The number of aromatic nitrogens is 2. The van der Waals surface area contributed by atoms with Gasteiger partial charge in [-0.15, -0.1) is 12.4 Å². The number of carbonyl (C=O) groups excluding carboxylic acids is 1. The van der Waals surface area contributed by atoms with Gasteiger partial charge in [-0.25, -0.2) is 8.42 Å². The second-order valence-corrected chi connectivity index (χ2v) is 9.00. The lowest BCUT2D eigenvalue weighted by Crippen LogP contribution is -2.47. The van der Waals surface area contributed by atoms with Crippen LogP contribution in [0.25, 0.3) is 22.2 Å². The molecule has 1 aromatic carbocycles. The average Bonchev–Trinajstić information content (AvgIpc) is 3.03. The fraction of sp³-hybridized carbons (Fsp3) is 0.263. The van der Waals surface area contributed by atoms with Crippen molar-refractivity contribution in [2.24, 2.45) is 5.73 Å². The van der Waals surface area contributed by atoms with E-state index in [1.54, 1.807) is 24.3 Å². The first-order chi connectivity index (χ1) is 13.8. The predicted octanol–water partition coefficient (Wildman–Crippen LogP) is 1.39. The molecular formula is C19H22ClN5O4S. The van der Waals surface area contributed by atoms with E-state index in [0.29, 0.717) is 53.9 Å². The number of piperazine rings is 1. The van der Waals surface area contributed by atoms with Gasteiger partial charge < -0.3 is 20.7 Å². The summed E-state index contributed by atoms with van der Waals surface area (Å²) in [7, 11) is -1.66. The lowest BCUT2D eigenvalue weighted by atomic mass is 10.1. The van der Waals surface area contributed by atoms with Crippen molar-refractivity contribution in [3.8, 4) is 17.1 Å². The zero-order valence-corrected chi connectivity index (χ0v) is 17.8. The Bertz CT molecular complexity index is 1190. The number of nitrogens with one attached hydrogen (secondary N) is 1. The van der Waals surface area contributed by atoms with Crippen LogP contribution in [0.3, 0.4) is 0 Å². The number of nitrogens with two attached hydrogens (primary N) is 1. The van der Waals surface area contributed by atoms with E-state index < -0.39 is 15.9 Å². The van der Waals surface area contributed by atoms with Crippen LogP contribution in [-0.2, 0) is 10.0 Å². The van der Waals surface area contributed by atoms with Crippen molar-refractivity contribution in [2.75, 3.05) is 33.2 Å². The number of rotatable bonds is 4. The van der Waals surface area contributed by atoms with E-state index in [9.17, 15) is 18.3 Å². The zero-order chi connectivity index (χ0) is 20.8. The molecule has 0 radical (unpaired) electrons. The Morgan fingerprint density at radius 2 is 1.87 bits per heavy atom. The summed E-state index contributed by atoms with van der Waals surface area (Å²) in [5.74, 6) is -0.692. The number of carbonyl (C=O) groups is 1. The van der Waals surface area contributed by atoms with Gasteiger partial charge in [-0.05, 0) is 31.3 Å². The number of halogens is 1. The topological polar surface area (TPSA) is 133 Å². The van der Waals surface area contributed by atoms with Gasteiger partial charge in [-0.3, -0.25) is 9.78 Å². The van der Waals surface area contributed by atoms with E-state index in [-0.39, 0.29) is 23.2 Å². The van der Waals surface area contributed by atoms with E-state index in [1.165, 1.54) is 16.6 Å². The van der Waals surface area contributed by atoms with Crippen molar-refractivity contribution in [3.63, 3.8) is 0 Å². The fourth-order valence-electron chi connectivity index (χ4n) is 3.45. The minimum atomic E-state index is -3.62. The molecule has 11 heteroatoms. The predicted molar refractivity (Wildman–Crippen MR) is 115 cm³/mol. The maximum atomic E-state index is 12.8. The third-order valence-corrected chi connectivity index (χ3v) is 7.04. The number of amides is 1. The Morgan fingerprint density at radius 3 is 2.47 bits per heavy atom. The van der Waals surface area contributed by atoms with Crippen LogP contribution >= 0.6 is 12.4 Å². The molecule has 1 aliphatic heterocycles. The van der Waals surface area contributed by atoms with Gasteiger partial charge in [0, 0.05) is 48.8 Å². The number of sulfonamides is 1. The van der Waals surface area contributed by atoms with Gasteiger partial charge in [0.15, 0.2) is 5.88 Å². The Balaban J connectivity index is 0.00000256. The van der Waals surface area contributed by atoms with Gasteiger partial charge in [0.1, 0.15) is 4.90 Å². The molecule has 9 nitrogen and oxygen atoms in total. The normalized spacial score (nSPS) is 15.8. The molecule has 0 aliphatic carbocycles. The van der Waals surface area contributed by atoms with Crippen molar-refractivity contribution < 1.29 is 18.3 Å². The third-order valence-electron chi connectivity index (χ3n) is 5.16. The third kappa shape index (κ3) is 3.86. The molecule has 1 saturated heterocycles. The zero-order valence-electron chi connectivity index (χ0n) is 16.2. The van der Waals surface area contributed by atoms with Crippen LogP contribution in [0.15, 0.2) is 41.4 Å². The van der Waals surface area contributed by atoms with Crippen molar-refractivity contribution in [3.05, 3.63) is 42.1 Å². The number of aromatic hydroxyl groups is 1. The SMILES string of the molecule is CN1CCN(S(=O)(=O)c2ccc(-c3c(O)[nH]c4cc(C(N)=O)ccc34)nc2)CC1.Cl. The molecule has 0 spiro atoms. The molecule has 3 heterocycles. The van der Waals surface area contributed by atoms with Gasteiger partial charge in [-0.1, -0.05) is 6.07 Å². The first kappa shape index (κ1) is 22.0. The Hall–Kier alpha value is -2.66. The molecule has 0 saturated carbocycles. The maximum Gasteiger partial charge on any atom is 0.248 e. The van der Waals surface area contributed by atoms with Crippen LogP contribution in [0, 0.1) is 0 Å². The van der Waals surface area contributed by atoms with Gasteiger partial charge in [0.2, 0.25) is 15.9 Å². The summed E-state index contributed by atoms with van der Waals surface area (Å²) in [5, 5.41) is 11.0. The van der Waals surface area contributed by atoms with Crippen LogP contribution < -0.4 is 5.73 Å². The summed E-state index contributed by atoms with van der Waals surface area (Å²) >= 11 is 0. The highest BCUT2D eigenvalue weighted by Gasteiger charge is 2.28. The van der Waals surface area contributed by atoms with Crippen LogP contribution in [0.1, 0.15) is 10.4 Å². The van der Waals surface area contributed by atoms with Crippen molar-refractivity contribution in [2.45, 2.75) is 4.90 Å². The standard InChI is InChI=1S/C19H21N5O4S.ClH/c1-23-6-8-24(9-7-23)29(27,28)13-3-5-15(21-11-13)17-14-4-2-12(18(20)25)10-16(14)22-19(17)26;/h2-5,10-11,22,26H,6-9H2,1H3,(H2,20,25);1H. The first-order valence-electron chi connectivity index (χ1n) is 9.07. The van der Waals surface area contributed by atoms with Crippen LogP contribution in [0.5, 0.6) is 5.88 Å². The van der Waals surface area contributed by atoms with Crippen LogP contribution in [-0.4, -0.2) is 71.8 Å². The molecule has 160 valence electrons.